The highest BCUT2D eigenvalue weighted by Crippen LogP contribution is 2.49. The van der Waals surface area contributed by atoms with E-state index in [0.29, 0.717) is 24.7 Å². The monoisotopic (exact) mass is 382 g/mol. The number of aryl methyl sites for hydroxylation is 1. The minimum atomic E-state index is -0.794. The molecule has 1 saturated heterocycles. The minimum Gasteiger partial charge on any atom is -0.481 e. The number of carboxylic acids is 1. The first kappa shape index (κ1) is 18.7. The van der Waals surface area contributed by atoms with Crippen molar-refractivity contribution in [3.63, 3.8) is 0 Å². The van der Waals surface area contributed by atoms with E-state index in [1.54, 1.807) is 9.58 Å². The van der Waals surface area contributed by atoms with Crippen LogP contribution in [0.5, 0.6) is 0 Å². The van der Waals surface area contributed by atoms with Crippen molar-refractivity contribution < 1.29 is 14.7 Å². The summed E-state index contributed by atoms with van der Waals surface area (Å²) in [4.78, 5) is 31.0. The van der Waals surface area contributed by atoms with E-state index in [-0.39, 0.29) is 24.2 Å². The largest absolute Gasteiger partial charge is 0.481 e. The Hall–Kier alpha value is -2.70. The SMILES string of the molecule is Cc1nc(C(=O)N2C[C@@H]3CCC[C@@]3(C(=O)O)C2)nn1-c1ccccc1C(C)C. The highest BCUT2D eigenvalue weighted by atomic mass is 16.4. The summed E-state index contributed by atoms with van der Waals surface area (Å²) in [5.41, 5.74) is 1.26. The lowest BCUT2D eigenvalue weighted by molar-refractivity contribution is -0.149. The summed E-state index contributed by atoms with van der Waals surface area (Å²) in [7, 11) is 0. The quantitative estimate of drug-likeness (QED) is 0.878. The van der Waals surface area contributed by atoms with Gasteiger partial charge in [-0.15, -0.1) is 5.10 Å². The predicted molar refractivity (Wildman–Crippen MR) is 103 cm³/mol. The summed E-state index contributed by atoms with van der Waals surface area (Å²) in [6.07, 6.45) is 2.41. The fourth-order valence-corrected chi connectivity index (χ4v) is 4.81. The van der Waals surface area contributed by atoms with Gasteiger partial charge in [0.05, 0.1) is 11.1 Å². The molecule has 148 valence electrons. The molecule has 0 unspecified atom stereocenters. The Kier molecular flexibility index (Phi) is 4.48. The Morgan fingerprint density at radius 2 is 2.04 bits per heavy atom. The average molecular weight is 382 g/mol. The molecule has 1 N–H and O–H groups in total. The van der Waals surface area contributed by atoms with Gasteiger partial charge in [-0.3, -0.25) is 9.59 Å². The molecule has 7 nitrogen and oxygen atoms in total. The van der Waals surface area contributed by atoms with Crippen molar-refractivity contribution in [3.8, 4) is 5.69 Å². The second-order valence-electron chi connectivity index (χ2n) is 8.34. The van der Waals surface area contributed by atoms with E-state index in [1.807, 2.05) is 25.1 Å². The van der Waals surface area contributed by atoms with E-state index in [2.05, 4.69) is 30.0 Å². The zero-order valence-electron chi connectivity index (χ0n) is 16.6. The second-order valence-corrected chi connectivity index (χ2v) is 8.34. The van der Waals surface area contributed by atoms with E-state index >= 15 is 0 Å². The Morgan fingerprint density at radius 3 is 2.71 bits per heavy atom. The number of hydrogen-bond donors (Lipinski definition) is 1. The van der Waals surface area contributed by atoms with Gasteiger partial charge in [-0.1, -0.05) is 38.5 Å². The predicted octanol–water partition coefficient (Wildman–Crippen LogP) is 3.03. The molecule has 1 saturated carbocycles. The van der Waals surface area contributed by atoms with Gasteiger partial charge in [-0.25, -0.2) is 9.67 Å². The third kappa shape index (κ3) is 2.80. The third-order valence-corrected chi connectivity index (χ3v) is 6.33. The van der Waals surface area contributed by atoms with Crippen molar-refractivity contribution >= 4 is 11.9 Å². The topological polar surface area (TPSA) is 88.3 Å². The van der Waals surface area contributed by atoms with Gasteiger partial charge in [-0.2, -0.15) is 0 Å². The van der Waals surface area contributed by atoms with Crippen LogP contribution in [0.15, 0.2) is 24.3 Å². The van der Waals surface area contributed by atoms with Gasteiger partial charge in [0.15, 0.2) is 0 Å². The number of rotatable bonds is 4. The molecule has 1 aliphatic carbocycles. The number of benzene rings is 1. The number of aromatic nitrogens is 3. The number of fused-ring (bicyclic) bond motifs is 1. The highest BCUT2D eigenvalue weighted by molar-refractivity contribution is 5.91. The zero-order chi connectivity index (χ0) is 20.1. The Bertz CT molecular complexity index is 935. The highest BCUT2D eigenvalue weighted by Gasteiger charge is 2.56. The average Bonchev–Trinajstić information content (AvgIpc) is 3.33. The lowest BCUT2D eigenvalue weighted by Crippen LogP contribution is -2.37. The van der Waals surface area contributed by atoms with E-state index in [9.17, 15) is 14.7 Å². The van der Waals surface area contributed by atoms with Crippen LogP contribution in [0.25, 0.3) is 5.69 Å². The van der Waals surface area contributed by atoms with Gasteiger partial charge in [0.25, 0.3) is 5.91 Å². The van der Waals surface area contributed by atoms with Crippen molar-refractivity contribution in [1.29, 1.82) is 0 Å². The molecular formula is C21H26N4O3. The summed E-state index contributed by atoms with van der Waals surface area (Å²) in [5.74, 6) is 0.0521. The number of likely N-dealkylation sites (tertiary alicyclic amines) is 1. The van der Waals surface area contributed by atoms with Crippen LogP contribution in [0.4, 0.5) is 0 Å². The number of nitrogens with zero attached hydrogens (tertiary/aromatic N) is 4. The summed E-state index contributed by atoms with van der Waals surface area (Å²) in [6.45, 7) is 6.79. The van der Waals surface area contributed by atoms with Gasteiger partial charge in [0.2, 0.25) is 5.82 Å². The maximum Gasteiger partial charge on any atom is 0.311 e. The van der Waals surface area contributed by atoms with Crippen LogP contribution in [0, 0.1) is 18.3 Å². The normalized spacial score (nSPS) is 24.0. The van der Waals surface area contributed by atoms with Crippen molar-refractivity contribution in [1.82, 2.24) is 19.7 Å². The standard InChI is InChI=1S/C21H26N4O3/c1-13(2)16-8-4-5-9-17(16)25-14(3)22-18(23-25)19(26)24-11-15-7-6-10-21(15,12-24)20(27)28/h4-5,8-9,13,15H,6-7,10-12H2,1-3H3,(H,27,28)/t15-,21+/m0/s1. The fraction of sp³-hybridized carbons (Fsp3) is 0.524. The molecule has 1 amide bonds. The van der Waals surface area contributed by atoms with Crippen LogP contribution in [0.3, 0.4) is 0 Å². The molecule has 2 aliphatic rings. The van der Waals surface area contributed by atoms with Crippen LogP contribution in [0.2, 0.25) is 0 Å². The summed E-state index contributed by atoms with van der Waals surface area (Å²) >= 11 is 0. The zero-order valence-corrected chi connectivity index (χ0v) is 16.6. The first-order valence-electron chi connectivity index (χ1n) is 9.89. The first-order valence-corrected chi connectivity index (χ1v) is 9.89. The smallest absolute Gasteiger partial charge is 0.311 e. The van der Waals surface area contributed by atoms with Gasteiger partial charge >= 0.3 is 5.97 Å². The lowest BCUT2D eigenvalue weighted by atomic mass is 9.81. The molecule has 2 atom stereocenters. The van der Waals surface area contributed by atoms with Crippen molar-refractivity contribution in [2.24, 2.45) is 11.3 Å². The van der Waals surface area contributed by atoms with E-state index in [4.69, 9.17) is 0 Å². The Labute approximate surface area is 164 Å². The van der Waals surface area contributed by atoms with Gasteiger partial charge in [-0.05, 0) is 43.2 Å². The molecule has 0 bridgehead atoms. The van der Waals surface area contributed by atoms with Crippen LogP contribution < -0.4 is 0 Å². The van der Waals surface area contributed by atoms with Crippen molar-refractivity contribution in [2.45, 2.75) is 46.0 Å². The number of amides is 1. The van der Waals surface area contributed by atoms with Crippen LogP contribution >= 0.6 is 0 Å². The third-order valence-electron chi connectivity index (χ3n) is 6.33. The fourth-order valence-electron chi connectivity index (χ4n) is 4.81. The number of aliphatic carboxylic acids is 1. The molecule has 1 aliphatic heterocycles. The Morgan fingerprint density at radius 1 is 1.29 bits per heavy atom. The Balaban J connectivity index is 1.63. The second kappa shape index (κ2) is 6.72. The summed E-state index contributed by atoms with van der Waals surface area (Å²) in [6, 6.07) is 7.97. The van der Waals surface area contributed by atoms with E-state index in [0.717, 1.165) is 24.1 Å². The molecular weight excluding hydrogens is 356 g/mol. The maximum absolute atomic E-state index is 13.1. The summed E-state index contributed by atoms with van der Waals surface area (Å²) in [5, 5.41) is 14.2. The maximum atomic E-state index is 13.1. The molecule has 28 heavy (non-hydrogen) atoms. The number of hydrogen-bond acceptors (Lipinski definition) is 4. The molecule has 0 spiro atoms. The molecule has 7 heteroatoms. The minimum absolute atomic E-state index is 0.0267. The van der Waals surface area contributed by atoms with Crippen LogP contribution in [-0.4, -0.2) is 49.7 Å². The number of para-hydroxylation sites is 1. The van der Waals surface area contributed by atoms with E-state index < -0.39 is 11.4 Å². The van der Waals surface area contributed by atoms with Gasteiger partial charge in [0.1, 0.15) is 5.82 Å². The number of carbonyl (C=O) groups excluding carboxylic acids is 1. The van der Waals surface area contributed by atoms with Crippen molar-refractivity contribution in [2.75, 3.05) is 13.1 Å². The molecule has 2 fully saturated rings. The number of carboxylic acid groups (broad SMARTS) is 1. The molecule has 1 aromatic carbocycles. The van der Waals surface area contributed by atoms with Crippen LogP contribution in [-0.2, 0) is 4.79 Å². The molecule has 4 rings (SSSR count). The number of carbonyl (C=O) groups is 2. The van der Waals surface area contributed by atoms with Gasteiger partial charge in [0, 0.05) is 13.1 Å². The van der Waals surface area contributed by atoms with E-state index in [1.165, 1.54) is 0 Å². The lowest BCUT2D eigenvalue weighted by Gasteiger charge is -2.22. The molecule has 2 aromatic rings. The van der Waals surface area contributed by atoms with Gasteiger partial charge < -0.3 is 10.0 Å². The van der Waals surface area contributed by atoms with Crippen LogP contribution in [0.1, 0.15) is 61.0 Å². The molecule has 1 aromatic heterocycles. The first-order chi connectivity index (χ1) is 13.3. The van der Waals surface area contributed by atoms with Crippen molar-refractivity contribution in [3.05, 3.63) is 41.5 Å². The molecule has 2 heterocycles. The molecule has 0 radical (unpaired) electrons. The summed E-state index contributed by atoms with van der Waals surface area (Å²) < 4.78 is 1.71.